The maximum absolute atomic E-state index is 11.3. The first-order chi connectivity index (χ1) is 9.86. The van der Waals surface area contributed by atoms with Crippen LogP contribution in [-0.4, -0.2) is 35.6 Å². The maximum Gasteiger partial charge on any atom is 0.336 e. The summed E-state index contributed by atoms with van der Waals surface area (Å²) in [4.78, 5) is 13.6. The minimum Gasteiger partial charge on any atom is -0.478 e. The molecule has 0 fully saturated rings. The zero-order chi connectivity index (χ0) is 16.0. The van der Waals surface area contributed by atoms with E-state index < -0.39 is 5.97 Å². The van der Waals surface area contributed by atoms with Crippen molar-refractivity contribution in [2.75, 3.05) is 31.1 Å². The van der Waals surface area contributed by atoms with Crippen LogP contribution in [0, 0.1) is 5.92 Å². The van der Waals surface area contributed by atoms with Crippen molar-refractivity contribution in [3.8, 4) is 0 Å². The van der Waals surface area contributed by atoms with E-state index in [2.05, 4.69) is 25.7 Å². The standard InChI is InChI=1S/C16H27N3O2/c1-4-19(10-11(2)3)9-5-6-12-13(16(20)21)7-8-14(17)15(12)18/h7-8,11H,4-6,9-10,17-18H2,1-3H3,(H,20,21). The molecule has 0 amide bonds. The third kappa shape index (κ3) is 4.93. The van der Waals surface area contributed by atoms with Crippen molar-refractivity contribution < 1.29 is 9.90 Å². The van der Waals surface area contributed by atoms with Crippen molar-refractivity contribution >= 4 is 17.3 Å². The Kier molecular flexibility index (Phi) is 6.49. The summed E-state index contributed by atoms with van der Waals surface area (Å²) in [7, 11) is 0. The third-order valence-corrected chi connectivity index (χ3v) is 3.59. The molecule has 21 heavy (non-hydrogen) atoms. The van der Waals surface area contributed by atoms with Gasteiger partial charge in [-0.25, -0.2) is 4.79 Å². The average Bonchev–Trinajstić information content (AvgIpc) is 2.41. The van der Waals surface area contributed by atoms with Gasteiger partial charge in [-0.2, -0.15) is 0 Å². The molecule has 0 aliphatic carbocycles. The number of carboxylic acid groups (broad SMARTS) is 1. The second-order valence-electron chi connectivity index (χ2n) is 5.79. The van der Waals surface area contributed by atoms with E-state index in [4.69, 9.17) is 11.5 Å². The highest BCUT2D eigenvalue weighted by molar-refractivity contribution is 5.93. The fourth-order valence-corrected chi connectivity index (χ4v) is 2.53. The van der Waals surface area contributed by atoms with Crippen LogP contribution in [0.4, 0.5) is 11.4 Å². The van der Waals surface area contributed by atoms with Gasteiger partial charge in [0, 0.05) is 6.54 Å². The van der Waals surface area contributed by atoms with Gasteiger partial charge >= 0.3 is 5.97 Å². The zero-order valence-corrected chi connectivity index (χ0v) is 13.2. The molecule has 0 aromatic heterocycles. The summed E-state index contributed by atoms with van der Waals surface area (Å²) in [5.74, 6) is -0.330. The predicted molar refractivity (Wildman–Crippen MR) is 87.5 cm³/mol. The van der Waals surface area contributed by atoms with Gasteiger partial charge in [0.1, 0.15) is 0 Å². The zero-order valence-electron chi connectivity index (χ0n) is 13.2. The number of benzene rings is 1. The Hall–Kier alpha value is -1.75. The molecule has 0 aliphatic rings. The Balaban J connectivity index is 2.74. The molecule has 0 radical (unpaired) electrons. The largest absolute Gasteiger partial charge is 0.478 e. The first-order valence-corrected chi connectivity index (χ1v) is 7.49. The molecule has 0 atom stereocenters. The van der Waals surface area contributed by atoms with Crippen molar-refractivity contribution in [2.24, 2.45) is 5.92 Å². The molecule has 5 N–H and O–H groups in total. The smallest absolute Gasteiger partial charge is 0.336 e. The summed E-state index contributed by atoms with van der Waals surface area (Å²) in [5, 5.41) is 9.25. The molecule has 0 unspecified atom stereocenters. The highest BCUT2D eigenvalue weighted by atomic mass is 16.4. The van der Waals surface area contributed by atoms with Crippen molar-refractivity contribution in [2.45, 2.75) is 33.6 Å². The predicted octanol–water partition coefficient (Wildman–Crippen LogP) is 2.46. The van der Waals surface area contributed by atoms with Crippen LogP contribution in [0.2, 0.25) is 0 Å². The fourth-order valence-electron chi connectivity index (χ4n) is 2.53. The van der Waals surface area contributed by atoms with E-state index >= 15 is 0 Å². The Morgan fingerprint density at radius 3 is 2.52 bits per heavy atom. The summed E-state index contributed by atoms with van der Waals surface area (Å²) >= 11 is 0. The Morgan fingerprint density at radius 2 is 2.00 bits per heavy atom. The van der Waals surface area contributed by atoms with Gasteiger partial charge in [0.05, 0.1) is 16.9 Å². The van der Waals surface area contributed by atoms with E-state index in [0.717, 1.165) is 26.1 Å². The lowest BCUT2D eigenvalue weighted by atomic mass is 9.99. The molecule has 0 heterocycles. The number of nitrogen functional groups attached to an aromatic ring is 2. The van der Waals surface area contributed by atoms with Gasteiger partial charge in [0.25, 0.3) is 0 Å². The molecule has 118 valence electrons. The molecule has 0 aliphatic heterocycles. The number of carbonyl (C=O) groups is 1. The van der Waals surface area contributed by atoms with E-state index in [9.17, 15) is 9.90 Å². The van der Waals surface area contributed by atoms with Crippen LogP contribution in [0.25, 0.3) is 0 Å². The minimum atomic E-state index is -0.953. The van der Waals surface area contributed by atoms with Gasteiger partial charge in [-0.05, 0) is 49.5 Å². The quantitative estimate of drug-likeness (QED) is 0.640. The molecule has 0 saturated carbocycles. The lowest BCUT2D eigenvalue weighted by molar-refractivity contribution is 0.0695. The fraction of sp³-hybridized carbons (Fsp3) is 0.562. The van der Waals surface area contributed by atoms with E-state index in [-0.39, 0.29) is 5.56 Å². The van der Waals surface area contributed by atoms with Crippen LogP contribution in [0.3, 0.4) is 0 Å². The van der Waals surface area contributed by atoms with Gasteiger partial charge in [-0.1, -0.05) is 20.8 Å². The second-order valence-corrected chi connectivity index (χ2v) is 5.79. The maximum atomic E-state index is 11.3. The molecule has 5 nitrogen and oxygen atoms in total. The van der Waals surface area contributed by atoms with E-state index in [0.29, 0.717) is 29.3 Å². The molecule has 0 saturated heterocycles. The van der Waals surface area contributed by atoms with Crippen LogP contribution < -0.4 is 11.5 Å². The number of nitrogens with two attached hydrogens (primary N) is 2. The van der Waals surface area contributed by atoms with Crippen LogP contribution in [0.1, 0.15) is 43.1 Å². The number of aromatic carboxylic acids is 1. The summed E-state index contributed by atoms with van der Waals surface area (Å²) in [6, 6.07) is 3.09. The Labute approximate surface area is 126 Å². The highest BCUT2D eigenvalue weighted by Crippen LogP contribution is 2.25. The molecule has 1 aromatic carbocycles. The topological polar surface area (TPSA) is 92.6 Å². The van der Waals surface area contributed by atoms with Crippen LogP contribution in [0.5, 0.6) is 0 Å². The Morgan fingerprint density at radius 1 is 1.33 bits per heavy atom. The summed E-state index contributed by atoms with van der Waals surface area (Å²) in [5.41, 5.74) is 13.5. The second kappa shape index (κ2) is 7.88. The molecular formula is C16H27N3O2. The average molecular weight is 293 g/mol. The van der Waals surface area contributed by atoms with Crippen LogP contribution >= 0.6 is 0 Å². The number of anilines is 2. The van der Waals surface area contributed by atoms with Crippen molar-refractivity contribution in [3.63, 3.8) is 0 Å². The van der Waals surface area contributed by atoms with Gasteiger partial charge in [0.2, 0.25) is 0 Å². The molecule has 0 bridgehead atoms. The number of hydrogen-bond donors (Lipinski definition) is 3. The SMILES string of the molecule is CCN(CCCc1c(C(=O)O)ccc(N)c1N)CC(C)C. The molecule has 5 heteroatoms. The van der Waals surface area contributed by atoms with Gasteiger partial charge in [0.15, 0.2) is 0 Å². The number of rotatable bonds is 8. The van der Waals surface area contributed by atoms with Crippen LogP contribution in [-0.2, 0) is 6.42 Å². The monoisotopic (exact) mass is 293 g/mol. The molecule has 1 rings (SSSR count). The summed E-state index contributed by atoms with van der Waals surface area (Å²) < 4.78 is 0. The number of carboxylic acids is 1. The van der Waals surface area contributed by atoms with Gasteiger partial charge in [-0.3, -0.25) is 0 Å². The summed E-state index contributed by atoms with van der Waals surface area (Å²) in [6.07, 6.45) is 1.50. The molecular weight excluding hydrogens is 266 g/mol. The number of hydrogen-bond acceptors (Lipinski definition) is 4. The summed E-state index contributed by atoms with van der Waals surface area (Å²) in [6.45, 7) is 9.51. The molecule has 1 aromatic rings. The van der Waals surface area contributed by atoms with Crippen molar-refractivity contribution in [1.29, 1.82) is 0 Å². The lowest BCUT2D eigenvalue weighted by Gasteiger charge is -2.22. The van der Waals surface area contributed by atoms with Gasteiger partial charge < -0.3 is 21.5 Å². The van der Waals surface area contributed by atoms with Crippen molar-refractivity contribution in [3.05, 3.63) is 23.3 Å². The van der Waals surface area contributed by atoms with Crippen LogP contribution in [0.15, 0.2) is 12.1 Å². The van der Waals surface area contributed by atoms with E-state index in [1.54, 1.807) is 6.07 Å². The Bertz CT molecular complexity index is 487. The lowest BCUT2D eigenvalue weighted by Crippen LogP contribution is -2.29. The first kappa shape index (κ1) is 17.3. The first-order valence-electron chi connectivity index (χ1n) is 7.49. The highest BCUT2D eigenvalue weighted by Gasteiger charge is 2.15. The van der Waals surface area contributed by atoms with Crippen molar-refractivity contribution in [1.82, 2.24) is 4.90 Å². The van der Waals surface area contributed by atoms with Gasteiger partial charge in [-0.15, -0.1) is 0 Å². The molecule has 0 spiro atoms. The minimum absolute atomic E-state index is 0.258. The number of nitrogens with zero attached hydrogens (tertiary/aromatic N) is 1. The normalized spacial score (nSPS) is 11.3. The third-order valence-electron chi connectivity index (χ3n) is 3.59. The van der Waals surface area contributed by atoms with E-state index in [1.807, 2.05) is 0 Å². The van der Waals surface area contributed by atoms with E-state index in [1.165, 1.54) is 6.07 Å².